The minimum atomic E-state index is -4.41. The number of halogens is 3. The Morgan fingerprint density at radius 1 is 0.952 bits per heavy atom. The van der Waals surface area contributed by atoms with Crippen molar-refractivity contribution in [2.24, 2.45) is 0 Å². The van der Waals surface area contributed by atoms with E-state index in [-0.39, 0.29) is 11.1 Å². The van der Waals surface area contributed by atoms with Crippen molar-refractivity contribution in [3.8, 4) is 0 Å². The van der Waals surface area contributed by atoms with Crippen LogP contribution < -0.4 is 0 Å². The van der Waals surface area contributed by atoms with Crippen molar-refractivity contribution in [3.63, 3.8) is 0 Å². The monoisotopic (exact) mass is 292 g/mol. The van der Waals surface area contributed by atoms with Gasteiger partial charge in [-0.05, 0) is 29.3 Å². The molecule has 0 bridgehead atoms. The van der Waals surface area contributed by atoms with E-state index in [0.29, 0.717) is 5.56 Å². The van der Waals surface area contributed by atoms with Crippen LogP contribution in [0.15, 0.2) is 48.5 Å². The summed E-state index contributed by atoms with van der Waals surface area (Å²) in [5.74, 6) is -1.05. The van der Waals surface area contributed by atoms with Crippen molar-refractivity contribution in [2.75, 3.05) is 0 Å². The molecule has 0 aliphatic rings. The number of benzene rings is 2. The third-order valence-electron chi connectivity index (χ3n) is 2.88. The van der Waals surface area contributed by atoms with Crippen molar-refractivity contribution in [3.05, 3.63) is 70.8 Å². The molecule has 0 atom stereocenters. The number of carbonyl (C=O) groups is 1. The van der Waals surface area contributed by atoms with E-state index >= 15 is 0 Å². The first kappa shape index (κ1) is 14.8. The molecule has 0 heterocycles. The van der Waals surface area contributed by atoms with Crippen LogP contribution in [0, 0.1) is 0 Å². The number of rotatable bonds is 3. The lowest BCUT2D eigenvalue weighted by atomic mass is 10.0. The average Bonchev–Trinajstić information content (AvgIpc) is 2.45. The maximum atomic E-state index is 12.8. The average molecular weight is 292 g/mol. The summed E-state index contributed by atoms with van der Waals surface area (Å²) in [5.41, 5.74) is 0.107. The van der Waals surface area contributed by atoms with Crippen LogP contribution in [0.1, 0.15) is 27.0 Å². The predicted octanol–water partition coefficient (Wildman–Crippen LogP) is 4.57. The van der Waals surface area contributed by atoms with E-state index in [2.05, 4.69) is 0 Å². The molecule has 0 amide bonds. The molecule has 5 heteroatoms. The number of hydrogen-bond acceptors (Lipinski definition) is 1. The first-order valence-electron chi connectivity index (χ1n) is 6.05. The van der Waals surface area contributed by atoms with Crippen LogP contribution in [-0.4, -0.2) is 11.1 Å². The Balaban J connectivity index is 2.28. The fraction of sp³-hybridized carbons (Fsp3) is 0.0625. The number of hydrogen-bond donors (Lipinski definition) is 1. The van der Waals surface area contributed by atoms with Gasteiger partial charge in [-0.3, -0.25) is 0 Å². The first-order chi connectivity index (χ1) is 9.88. The van der Waals surface area contributed by atoms with Crippen molar-refractivity contribution in [2.45, 2.75) is 6.18 Å². The highest BCUT2D eigenvalue weighted by atomic mass is 19.4. The van der Waals surface area contributed by atoms with E-state index in [1.807, 2.05) is 0 Å². The third-order valence-corrected chi connectivity index (χ3v) is 2.88. The molecule has 0 saturated carbocycles. The quantitative estimate of drug-likeness (QED) is 0.841. The highest BCUT2D eigenvalue weighted by molar-refractivity contribution is 5.88. The first-order valence-corrected chi connectivity index (χ1v) is 6.05. The molecule has 0 saturated heterocycles. The fourth-order valence-electron chi connectivity index (χ4n) is 1.82. The Morgan fingerprint density at radius 2 is 1.57 bits per heavy atom. The minimum absolute atomic E-state index is 0.0623. The number of carboxylic acids is 1. The molecule has 2 aromatic rings. The number of aromatic carboxylic acids is 1. The van der Waals surface area contributed by atoms with Crippen LogP contribution in [0.3, 0.4) is 0 Å². The molecule has 0 unspecified atom stereocenters. The lowest BCUT2D eigenvalue weighted by Crippen LogP contribution is -2.06. The summed E-state index contributed by atoms with van der Waals surface area (Å²) in [6, 6.07) is 11.1. The highest BCUT2D eigenvalue weighted by Gasteiger charge is 2.32. The van der Waals surface area contributed by atoms with Crippen LogP contribution in [0.4, 0.5) is 13.2 Å². The molecule has 2 aromatic carbocycles. The molecule has 108 valence electrons. The van der Waals surface area contributed by atoms with Gasteiger partial charge in [0.1, 0.15) is 0 Å². The van der Waals surface area contributed by atoms with Crippen LogP contribution in [0.5, 0.6) is 0 Å². The molecule has 0 aliphatic carbocycles. The molecule has 21 heavy (non-hydrogen) atoms. The van der Waals surface area contributed by atoms with Crippen molar-refractivity contribution in [1.29, 1.82) is 0 Å². The van der Waals surface area contributed by atoms with Crippen LogP contribution in [0.25, 0.3) is 12.2 Å². The molecule has 2 rings (SSSR count). The summed E-state index contributed by atoms with van der Waals surface area (Å²) < 4.78 is 38.5. The third kappa shape index (κ3) is 3.72. The van der Waals surface area contributed by atoms with Crippen LogP contribution in [-0.2, 0) is 6.18 Å². The van der Waals surface area contributed by atoms with Gasteiger partial charge in [0.25, 0.3) is 0 Å². The summed E-state index contributed by atoms with van der Waals surface area (Å²) in [7, 11) is 0. The topological polar surface area (TPSA) is 37.3 Å². The fourth-order valence-corrected chi connectivity index (χ4v) is 1.82. The molecule has 2 nitrogen and oxygen atoms in total. The Bertz CT molecular complexity index is 671. The standard InChI is InChI=1S/C16H11F3O2/c17-16(18,19)14-4-2-1-3-12(14)8-5-11-6-9-13(10-7-11)15(20)21/h1-10H,(H,20,21). The van der Waals surface area contributed by atoms with Gasteiger partial charge in [-0.2, -0.15) is 13.2 Å². The normalized spacial score (nSPS) is 11.8. The van der Waals surface area contributed by atoms with Crippen molar-refractivity contribution < 1.29 is 23.1 Å². The van der Waals surface area contributed by atoms with Gasteiger partial charge in [0.05, 0.1) is 11.1 Å². The molecule has 0 radical (unpaired) electrons. The maximum absolute atomic E-state index is 12.8. The summed E-state index contributed by atoms with van der Waals surface area (Å²) in [6.45, 7) is 0. The Labute approximate surface area is 119 Å². The van der Waals surface area contributed by atoms with E-state index in [1.165, 1.54) is 54.6 Å². The lowest BCUT2D eigenvalue weighted by molar-refractivity contribution is -0.137. The molecule has 1 N–H and O–H groups in total. The zero-order valence-corrected chi connectivity index (χ0v) is 10.8. The SMILES string of the molecule is O=C(O)c1ccc(C=Cc2ccccc2C(F)(F)F)cc1. The maximum Gasteiger partial charge on any atom is 0.416 e. The molecular weight excluding hydrogens is 281 g/mol. The molecule has 0 fully saturated rings. The van der Waals surface area contributed by atoms with E-state index in [0.717, 1.165) is 6.07 Å². The summed E-state index contributed by atoms with van der Waals surface area (Å²) in [6.07, 6.45) is -1.54. The Hall–Kier alpha value is -2.56. The van der Waals surface area contributed by atoms with Gasteiger partial charge in [0.15, 0.2) is 0 Å². The molecule has 0 spiro atoms. The minimum Gasteiger partial charge on any atom is -0.478 e. The zero-order chi connectivity index (χ0) is 15.5. The second-order valence-corrected chi connectivity index (χ2v) is 4.35. The molecular formula is C16H11F3O2. The summed E-state index contributed by atoms with van der Waals surface area (Å²) in [5, 5.41) is 8.77. The Kier molecular flexibility index (Phi) is 4.12. The van der Waals surface area contributed by atoms with E-state index in [4.69, 9.17) is 5.11 Å². The van der Waals surface area contributed by atoms with Crippen LogP contribution in [0.2, 0.25) is 0 Å². The van der Waals surface area contributed by atoms with Gasteiger partial charge in [0, 0.05) is 0 Å². The van der Waals surface area contributed by atoms with Gasteiger partial charge in [-0.15, -0.1) is 0 Å². The van der Waals surface area contributed by atoms with E-state index < -0.39 is 17.7 Å². The van der Waals surface area contributed by atoms with Gasteiger partial charge in [-0.25, -0.2) is 4.79 Å². The lowest BCUT2D eigenvalue weighted by Gasteiger charge is -2.09. The number of alkyl halides is 3. The largest absolute Gasteiger partial charge is 0.478 e. The second kappa shape index (κ2) is 5.83. The van der Waals surface area contributed by atoms with E-state index in [9.17, 15) is 18.0 Å². The smallest absolute Gasteiger partial charge is 0.416 e. The summed E-state index contributed by atoms with van der Waals surface area (Å²) >= 11 is 0. The Morgan fingerprint density at radius 3 is 2.14 bits per heavy atom. The van der Waals surface area contributed by atoms with Gasteiger partial charge in [-0.1, -0.05) is 42.5 Å². The van der Waals surface area contributed by atoms with Crippen molar-refractivity contribution >= 4 is 18.1 Å². The number of carboxylic acid groups (broad SMARTS) is 1. The predicted molar refractivity (Wildman–Crippen MR) is 73.8 cm³/mol. The van der Waals surface area contributed by atoms with E-state index in [1.54, 1.807) is 0 Å². The van der Waals surface area contributed by atoms with Gasteiger partial charge < -0.3 is 5.11 Å². The highest BCUT2D eigenvalue weighted by Crippen LogP contribution is 2.32. The van der Waals surface area contributed by atoms with Crippen LogP contribution >= 0.6 is 0 Å². The zero-order valence-electron chi connectivity index (χ0n) is 10.8. The van der Waals surface area contributed by atoms with Crippen molar-refractivity contribution in [1.82, 2.24) is 0 Å². The molecule has 0 aromatic heterocycles. The van der Waals surface area contributed by atoms with Gasteiger partial charge >= 0.3 is 12.1 Å². The second-order valence-electron chi connectivity index (χ2n) is 4.35. The molecule has 0 aliphatic heterocycles. The van der Waals surface area contributed by atoms with Gasteiger partial charge in [0.2, 0.25) is 0 Å². The summed E-state index contributed by atoms with van der Waals surface area (Å²) in [4.78, 5) is 10.7.